The molecule has 3 nitrogen and oxygen atoms in total. The van der Waals surface area contributed by atoms with Gasteiger partial charge in [-0.2, -0.15) is 8.78 Å². The van der Waals surface area contributed by atoms with E-state index in [9.17, 15) is 8.78 Å². The van der Waals surface area contributed by atoms with E-state index in [2.05, 4.69) is 10.1 Å². The molecular formula is C15H15F2NO2. The smallest absolute Gasteiger partial charge is 0.387 e. The number of hydrogen-bond donors (Lipinski definition) is 1. The Labute approximate surface area is 116 Å². The van der Waals surface area contributed by atoms with Crippen LogP contribution in [0.25, 0.3) is 0 Å². The Kier molecular flexibility index (Phi) is 4.76. The summed E-state index contributed by atoms with van der Waals surface area (Å²) in [6.45, 7) is -2.33. The van der Waals surface area contributed by atoms with Gasteiger partial charge in [0.25, 0.3) is 0 Å². The number of ether oxygens (including phenoxy) is 2. The van der Waals surface area contributed by atoms with E-state index in [-0.39, 0.29) is 5.75 Å². The minimum Gasteiger partial charge on any atom is -0.497 e. The van der Waals surface area contributed by atoms with Crippen molar-refractivity contribution in [3.8, 4) is 11.5 Å². The van der Waals surface area contributed by atoms with Crippen molar-refractivity contribution in [2.24, 2.45) is 0 Å². The van der Waals surface area contributed by atoms with Gasteiger partial charge in [0.1, 0.15) is 11.5 Å². The number of para-hydroxylation sites is 2. The number of hydrogen-bond acceptors (Lipinski definition) is 3. The molecule has 0 amide bonds. The molecule has 0 heterocycles. The number of rotatable bonds is 6. The lowest BCUT2D eigenvalue weighted by Gasteiger charge is -2.12. The molecule has 0 atom stereocenters. The highest BCUT2D eigenvalue weighted by Gasteiger charge is 2.08. The molecule has 0 bridgehead atoms. The fourth-order valence-electron chi connectivity index (χ4n) is 1.75. The first kappa shape index (κ1) is 14.1. The van der Waals surface area contributed by atoms with E-state index >= 15 is 0 Å². The lowest BCUT2D eigenvalue weighted by Crippen LogP contribution is -2.06. The zero-order valence-corrected chi connectivity index (χ0v) is 11.0. The number of nitrogens with one attached hydrogen (secondary N) is 1. The standard InChI is InChI=1S/C15H15F2NO2/c1-19-12-8-6-11(7-9-12)10-18-13-4-2-3-5-14(13)20-15(16)17/h2-9,15,18H,10H2,1H3. The van der Waals surface area contributed by atoms with Crippen molar-refractivity contribution in [1.82, 2.24) is 0 Å². The molecular weight excluding hydrogens is 264 g/mol. The summed E-state index contributed by atoms with van der Waals surface area (Å²) in [5, 5.41) is 3.07. The van der Waals surface area contributed by atoms with Gasteiger partial charge in [0, 0.05) is 6.54 Å². The third-order valence-electron chi connectivity index (χ3n) is 2.75. The zero-order valence-electron chi connectivity index (χ0n) is 11.0. The maximum Gasteiger partial charge on any atom is 0.387 e. The summed E-state index contributed by atoms with van der Waals surface area (Å²) in [6.07, 6.45) is 0. The molecule has 0 aliphatic rings. The van der Waals surface area contributed by atoms with Crippen molar-refractivity contribution in [2.75, 3.05) is 12.4 Å². The number of halogens is 2. The predicted molar refractivity (Wildman–Crippen MR) is 73.4 cm³/mol. The lowest BCUT2D eigenvalue weighted by atomic mass is 10.2. The zero-order chi connectivity index (χ0) is 14.4. The Bertz CT molecular complexity index is 544. The summed E-state index contributed by atoms with van der Waals surface area (Å²) in [5.41, 5.74) is 1.54. The molecule has 0 aliphatic heterocycles. The van der Waals surface area contributed by atoms with Gasteiger partial charge in [0.15, 0.2) is 0 Å². The van der Waals surface area contributed by atoms with E-state index in [1.165, 1.54) is 6.07 Å². The maximum absolute atomic E-state index is 12.3. The second kappa shape index (κ2) is 6.75. The minimum absolute atomic E-state index is 0.135. The largest absolute Gasteiger partial charge is 0.497 e. The Hall–Kier alpha value is -2.30. The Morgan fingerprint density at radius 2 is 1.75 bits per heavy atom. The number of anilines is 1. The summed E-state index contributed by atoms with van der Waals surface area (Å²) in [4.78, 5) is 0. The highest BCUT2D eigenvalue weighted by Crippen LogP contribution is 2.26. The number of alkyl halides is 2. The van der Waals surface area contributed by atoms with Crippen molar-refractivity contribution in [1.29, 1.82) is 0 Å². The Morgan fingerprint density at radius 3 is 2.40 bits per heavy atom. The average Bonchev–Trinajstić information content (AvgIpc) is 2.46. The van der Waals surface area contributed by atoms with Crippen LogP contribution in [-0.4, -0.2) is 13.7 Å². The molecule has 5 heteroatoms. The normalized spacial score (nSPS) is 10.4. The molecule has 106 valence electrons. The van der Waals surface area contributed by atoms with Gasteiger partial charge < -0.3 is 14.8 Å². The van der Waals surface area contributed by atoms with Gasteiger partial charge in [-0.25, -0.2) is 0 Å². The van der Waals surface area contributed by atoms with Crippen LogP contribution in [0, 0.1) is 0 Å². The quantitative estimate of drug-likeness (QED) is 0.869. The van der Waals surface area contributed by atoms with Gasteiger partial charge in [-0.3, -0.25) is 0 Å². The van der Waals surface area contributed by atoms with Crippen molar-refractivity contribution in [3.05, 3.63) is 54.1 Å². The van der Waals surface area contributed by atoms with Crippen LogP contribution in [-0.2, 0) is 6.54 Å². The lowest BCUT2D eigenvalue weighted by molar-refractivity contribution is -0.0493. The topological polar surface area (TPSA) is 30.5 Å². The van der Waals surface area contributed by atoms with E-state index in [1.807, 2.05) is 24.3 Å². The van der Waals surface area contributed by atoms with Gasteiger partial charge in [-0.1, -0.05) is 24.3 Å². The van der Waals surface area contributed by atoms with Crippen LogP contribution in [0.1, 0.15) is 5.56 Å². The van der Waals surface area contributed by atoms with Crippen molar-refractivity contribution < 1.29 is 18.3 Å². The SMILES string of the molecule is COc1ccc(CNc2ccccc2OC(F)F)cc1. The first-order valence-electron chi connectivity index (χ1n) is 6.09. The van der Waals surface area contributed by atoms with Gasteiger partial charge in [-0.05, 0) is 29.8 Å². The fourth-order valence-corrected chi connectivity index (χ4v) is 1.75. The molecule has 2 aromatic carbocycles. The molecule has 0 radical (unpaired) electrons. The molecule has 0 aliphatic carbocycles. The molecule has 0 fully saturated rings. The molecule has 0 saturated carbocycles. The summed E-state index contributed by atoms with van der Waals surface area (Å²) in [7, 11) is 1.60. The summed E-state index contributed by atoms with van der Waals surface area (Å²) >= 11 is 0. The van der Waals surface area contributed by atoms with Gasteiger partial charge in [-0.15, -0.1) is 0 Å². The van der Waals surface area contributed by atoms with Crippen LogP contribution in [0.5, 0.6) is 11.5 Å². The maximum atomic E-state index is 12.3. The first-order chi connectivity index (χ1) is 9.69. The van der Waals surface area contributed by atoms with Gasteiger partial charge in [0.05, 0.1) is 12.8 Å². The molecule has 0 aromatic heterocycles. The van der Waals surface area contributed by atoms with Crippen LogP contribution in [0.2, 0.25) is 0 Å². The first-order valence-corrected chi connectivity index (χ1v) is 6.09. The van der Waals surface area contributed by atoms with E-state index in [4.69, 9.17) is 4.74 Å². The van der Waals surface area contributed by atoms with Crippen molar-refractivity contribution >= 4 is 5.69 Å². The number of benzene rings is 2. The summed E-state index contributed by atoms with van der Waals surface area (Å²) in [5.74, 6) is 0.909. The highest BCUT2D eigenvalue weighted by atomic mass is 19.3. The van der Waals surface area contributed by atoms with Crippen molar-refractivity contribution in [3.63, 3.8) is 0 Å². The van der Waals surface area contributed by atoms with Crippen molar-refractivity contribution in [2.45, 2.75) is 13.2 Å². The van der Waals surface area contributed by atoms with Crippen LogP contribution in [0.3, 0.4) is 0 Å². The summed E-state index contributed by atoms with van der Waals surface area (Å²) in [6, 6.07) is 14.1. The fraction of sp³-hybridized carbons (Fsp3) is 0.200. The van der Waals surface area contributed by atoms with Crippen LogP contribution in [0.15, 0.2) is 48.5 Å². The van der Waals surface area contributed by atoms with E-state index < -0.39 is 6.61 Å². The summed E-state index contributed by atoms with van der Waals surface area (Å²) < 4.78 is 34.1. The molecule has 20 heavy (non-hydrogen) atoms. The molecule has 1 N–H and O–H groups in total. The second-order valence-electron chi connectivity index (χ2n) is 4.08. The van der Waals surface area contributed by atoms with Gasteiger partial charge in [0.2, 0.25) is 0 Å². The molecule has 0 unspecified atom stereocenters. The molecule has 0 spiro atoms. The molecule has 2 aromatic rings. The minimum atomic E-state index is -2.83. The average molecular weight is 279 g/mol. The predicted octanol–water partition coefficient (Wildman–Crippen LogP) is 3.91. The van der Waals surface area contributed by atoms with Crippen LogP contribution < -0.4 is 14.8 Å². The Morgan fingerprint density at radius 1 is 1.05 bits per heavy atom. The highest BCUT2D eigenvalue weighted by molar-refractivity contribution is 5.56. The Balaban J connectivity index is 2.02. The molecule has 0 saturated heterocycles. The number of methoxy groups -OCH3 is 1. The molecule has 2 rings (SSSR count). The van der Waals surface area contributed by atoms with E-state index in [1.54, 1.807) is 25.3 Å². The second-order valence-corrected chi connectivity index (χ2v) is 4.08. The third-order valence-corrected chi connectivity index (χ3v) is 2.75. The third kappa shape index (κ3) is 3.85. The van der Waals surface area contributed by atoms with E-state index in [0.29, 0.717) is 12.2 Å². The van der Waals surface area contributed by atoms with Crippen LogP contribution in [0.4, 0.5) is 14.5 Å². The van der Waals surface area contributed by atoms with Crippen LogP contribution >= 0.6 is 0 Å². The van der Waals surface area contributed by atoms with Gasteiger partial charge >= 0.3 is 6.61 Å². The monoisotopic (exact) mass is 279 g/mol. The van der Waals surface area contributed by atoms with E-state index in [0.717, 1.165) is 11.3 Å².